The fourth-order valence-electron chi connectivity index (χ4n) is 0.436. The van der Waals surface area contributed by atoms with Crippen LogP contribution in [0.2, 0.25) is 0 Å². The maximum Gasteiger partial charge on any atom is 0.0619 e. The summed E-state index contributed by atoms with van der Waals surface area (Å²) >= 11 is 0. The summed E-state index contributed by atoms with van der Waals surface area (Å²) in [5.74, 6) is 0. The van der Waals surface area contributed by atoms with E-state index in [-0.39, 0.29) is 0 Å². The van der Waals surface area contributed by atoms with Crippen LogP contribution in [0.1, 0.15) is 11.4 Å². The van der Waals surface area contributed by atoms with Crippen LogP contribution >= 0.6 is 0 Å². The summed E-state index contributed by atoms with van der Waals surface area (Å²) in [6.45, 7) is 5.53. The summed E-state index contributed by atoms with van der Waals surface area (Å²) in [6, 6.07) is 0. The Morgan fingerprint density at radius 1 is 1.38 bits per heavy atom. The zero-order valence-corrected chi connectivity index (χ0v) is 4.76. The lowest BCUT2D eigenvalue weighted by molar-refractivity contribution is 1.08. The van der Waals surface area contributed by atoms with Crippen molar-refractivity contribution in [2.45, 2.75) is 6.92 Å². The Kier molecular flexibility index (Phi) is 1.24. The molecule has 0 bridgehead atoms. The molecule has 0 atom stereocenters. The molecule has 0 aliphatic rings. The predicted molar refractivity (Wildman–Crippen MR) is 31.2 cm³/mol. The Morgan fingerprint density at radius 3 is 2.38 bits per heavy atom. The van der Waals surface area contributed by atoms with Crippen LogP contribution in [-0.2, 0) is 0 Å². The molecular weight excluding hydrogens is 100 g/mol. The van der Waals surface area contributed by atoms with Crippen molar-refractivity contribution in [2.75, 3.05) is 0 Å². The van der Waals surface area contributed by atoms with Crippen molar-refractivity contribution in [1.82, 2.24) is 9.97 Å². The van der Waals surface area contributed by atoms with Gasteiger partial charge in [-0.3, -0.25) is 9.97 Å². The van der Waals surface area contributed by atoms with E-state index >= 15 is 0 Å². The number of hydrogen-bond donors (Lipinski definition) is 0. The van der Waals surface area contributed by atoms with Gasteiger partial charge in [0.1, 0.15) is 0 Å². The molecule has 1 aromatic heterocycles. The van der Waals surface area contributed by atoms with E-state index in [2.05, 4.69) is 16.9 Å². The molecular formula is C6H7N2. The van der Waals surface area contributed by atoms with Crippen LogP contribution < -0.4 is 0 Å². The third-order valence-electron chi connectivity index (χ3n) is 0.983. The average molecular weight is 107 g/mol. The molecule has 41 valence electrons. The molecule has 0 fully saturated rings. The van der Waals surface area contributed by atoms with Gasteiger partial charge >= 0.3 is 0 Å². The smallest absolute Gasteiger partial charge is 0.0619 e. The SMILES string of the molecule is [CH2]c1nccnc1C. The van der Waals surface area contributed by atoms with E-state index in [4.69, 9.17) is 0 Å². The maximum atomic E-state index is 3.95. The lowest BCUT2D eigenvalue weighted by Crippen LogP contribution is -1.87. The van der Waals surface area contributed by atoms with Crippen LogP contribution in [-0.4, -0.2) is 9.97 Å². The average Bonchev–Trinajstić information content (AvgIpc) is 1.77. The van der Waals surface area contributed by atoms with Gasteiger partial charge < -0.3 is 0 Å². The first-order valence-electron chi connectivity index (χ1n) is 2.40. The molecule has 0 aliphatic heterocycles. The largest absolute Gasteiger partial charge is 0.258 e. The Morgan fingerprint density at radius 2 is 2.00 bits per heavy atom. The Hall–Kier alpha value is -0.920. The topological polar surface area (TPSA) is 25.8 Å². The molecule has 0 aromatic carbocycles. The first-order chi connectivity index (χ1) is 3.80. The second-order valence-electron chi connectivity index (χ2n) is 1.59. The van der Waals surface area contributed by atoms with E-state index in [1.807, 2.05) is 6.92 Å². The number of nitrogens with zero attached hydrogens (tertiary/aromatic N) is 2. The minimum absolute atomic E-state index is 0.757. The van der Waals surface area contributed by atoms with E-state index in [0.717, 1.165) is 11.4 Å². The minimum Gasteiger partial charge on any atom is -0.258 e. The molecule has 1 heterocycles. The third kappa shape index (κ3) is 0.832. The monoisotopic (exact) mass is 107 g/mol. The number of aryl methyl sites for hydroxylation is 1. The van der Waals surface area contributed by atoms with E-state index in [1.54, 1.807) is 12.4 Å². The van der Waals surface area contributed by atoms with Crippen LogP contribution in [0.4, 0.5) is 0 Å². The molecule has 0 saturated heterocycles. The summed E-state index contributed by atoms with van der Waals surface area (Å²) < 4.78 is 0. The van der Waals surface area contributed by atoms with Gasteiger partial charge in [-0.05, 0) is 13.8 Å². The normalized spacial score (nSPS) is 9.25. The number of aromatic nitrogens is 2. The highest BCUT2D eigenvalue weighted by Crippen LogP contribution is 1.93. The zero-order valence-electron chi connectivity index (χ0n) is 4.76. The third-order valence-corrected chi connectivity index (χ3v) is 0.983. The summed E-state index contributed by atoms with van der Waals surface area (Å²) in [4.78, 5) is 7.86. The summed E-state index contributed by atoms with van der Waals surface area (Å²) in [5.41, 5.74) is 1.65. The van der Waals surface area contributed by atoms with Crippen molar-refractivity contribution < 1.29 is 0 Å². The molecule has 0 aliphatic carbocycles. The highest BCUT2D eigenvalue weighted by molar-refractivity contribution is 5.10. The standard InChI is InChI=1S/C6H7N2/c1-5-6(2)8-4-3-7-5/h3-4H,1H2,2H3. The van der Waals surface area contributed by atoms with Crippen molar-refractivity contribution in [3.8, 4) is 0 Å². The van der Waals surface area contributed by atoms with Crippen LogP contribution in [0.15, 0.2) is 12.4 Å². The van der Waals surface area contributed by atoms with Crippen LogP contribution in [0.3, 0.4) is 0 Å². The van der Waals surface area contributed by atoms with Crippen molar-refractivity contribution in [3.63, 3.8) is 0 Å². The molecule has 1 rings (SSSR count). The molecule has 2 nitrogen and oxygen atoms in total. The Labute approximate surface area is 48.6 Å². The van der Waals surface area contributed by atoms with Crippen LogP contribution in [0.25, 0.3) is 0 Å². The van der Waals surface area contributed by atoms with Crippen LogP contribution in [0, 0.1) is 13.8 Å². The lowest BCUT2D eigenvalue weighted by atomic mass is 10.4. The van der Waals surface area contributed by atoms with E-state index in [9.17, 15) is 0 Å². The van der Waals surface area contributed by atoms with Gasteiger partial charge in [0.2, 0.25) is 0 Å². The minimum atomic E-state index is 0.757. The van der Waals surface area contributed by atoms with E-state index in [1.165, 1.54) is 0 Å². The molecule has 1 aromatic rings. The Bertz CT molecular complexity index is 163. The first kappa shape index (κ1) is 5.22. The summed E-state index contributed by atoms with van der Waals surface area (Å²) in [7, 11) is 0. The maximum absolute atomic E-state index is 3.95. The molecule has 8 heavy (non-hydrogen) atoms. The van der Waals surface area contributed by atoms with Gasteiger partial charge in [0.05, 0.1) is 11.4 Å². The van der Waals surface area contributed by atoms with Crippen molar-refractivity contribution >= 4 is 0 Å². The van der Waals surface area contributed by atoms with Gasteiger partial charge in [0.15, 0.2) is 0 Å². The second kappa shape index (κ2) is 1.90. The van der Waals surface area contributed by atoms with Crippen molar-refractivity contribution in [3.05, 3.63) is 30.7 Å². The van der Waals surface area contributed by atoms with E-state index in [0.29, 0.717) is 0 Å². The van der Waals surface area contributed by atoms with E-state index < -0.39 is 0 Å². The Balaban J connectivity index is 3.13. The van der Waals surface area contributed by atoms with Gasteiger partial charge in [-0.1, -0.05) is 0 Å². The molecule has 2 heteroatoms. The predicted octanol–water partition coefficient (Wildman–Crippen LogP) is 0.967. The van der Waals surface area contributed by atoms with Gasteiger partial charge in [-0.2, -0.15) is 0 Å². The molecule has 0 amide bonds. The number of rotatable bonds is 0. The van der Waals surface area contributed by atoms with Crippen molar-refractivity contribution in [2.24, 2.45) is 0 Å². The first-order valence-corrected chi connectivity index (χ1v) is 2.40. The molecule has 0 N–H and O–H groups in total. The fraction of sp³-hybridized carbons (Fsp3) is 0.167. The second-order valence-corrected chi connectivity index (χ2v) is 1.59. The molecule has 0 spiro atoms. The number of hydrogen-bond acceptors (Lipinski definition) is 2. The lowest BCUT2D eigenvalue weighted by Gasteiger charge is -1.91. The molecule has 0 saturated carbocycles. The summed E-state index contributed by atoms with van der Waals surface area (Å²) in [6.07, 6.45) is 3.29. The fourth-order valence-corrected chi connectivity index (χ4v) is 0.436. The molecule has 1 radical (unpaired) electrons. The quantitative estimate of drug-likeness (QED) is 0.493. The summed E-state index contributed by atoms with van der Waals surface area (Å²) in [5, 5.41) is 0. The highest BCUT2D eigenvalue weighted by atomic mass is 14.8. The van der Waals surface area contributed by atoms with Gasteiger partial charge in [0.25, 0.3) is 0 Å². The van der Waals surface area contributed by atoms with Crippen molar-refractivity contribution in [1.29, 1.82) is 0 Å². The van der Waals surface area contributed by atoms with Gasteiger partial charge in [-0.25, -0.2) is 0 Å². The van der Waals surface area contributed by atoms with Gasteiger partial charge in [-0.15, -0.1) is 0 Å². The molecule has 0 unspecified atom stereocenters. The zero-order chi connectivity index (χ0) is 5.98. The van der Waals surface area contributed by atoms with Gasteiger partial charge in [0, 0.05) is 12.4 Å². The van der Waals surface area contributed by atoms with Crippen LogP contribution in [0.5, 0.6) is 0 Å². The highest BCUT2D eigenvalue weighted by Gasteiger charge is 1.87.